The molecule has 0 aromatic rings. The van der Waals surface area contributed by atoms with E-state index in [9.17, 15) is 4.79 Å². The van der Waals surface area contributed by atoms with Crippen molar-refractivity contribution in [1.29, 1.82) is 0 Å². The Morgan fingerprint density at radius 2 is 1.68 bits per heavy atom. The van der Waals surface area contributed by atoms with Gasteiger partial charge < -0.3 is 9.64 Å². The molecule has 0 aromatic carbocycles. The Hall–Kier alpha value is -0.570. The van der Waals surface area contributed by atoms with E-state index in [-0.39, 0.29) is 16.9 Å². The number of rotatable bonds is 2. The standard InChI is InChI=1S/C16H29NO2/c1-11(2)14(18)17-12-7-8-13(17)10-16(9-12,19-6)15(3,4)5/h11-13H,7-10H2,1-6H3. The Morgan fingerprint density at radius 3 is 2.00 bits per heavy atom. The molecule has 2 bridgehead atoms. The van der Waals surface area contributed by atoms with Gasteiger partial charge >= 0.3 is 0 Å². The van der Waals surface area contributed by atoms with Crippen molar-refractivity contribution in [3.05, 3.63) is 0 Å². The summed E-state index contributed by atoms with van der Waals surface area (Å²) in [6.07, 6.45) is 4.26. The average molecular weight is 267 g/mol. The summed E-state index contributed by atoms with van der Waals surface area (Å²) in [4.78, 5) is 14.6. The lowest BCUT2D eigenvalue weighted by molar-refractivity contribution is -0.162. The van der Waals surface area contributed by atoms with Crippen molar-refractivity contribution in [2.24, 2.45) is 11.3 Å². The molecule has 2 fully saturated rings. The zero-order valence-corrected chi connectivity index (χ0v) is 13.3. The van der Waals surface area contributed by atoms with E-state index in [2.05, 4.69) is 25.7 Å². The van der Waals surface area contributed by atoms with Crippen LogP contribution in [0.4, 0.5) is 0 Å². The first kappa shape index (κ1) is 14.8. The van der Waals surface area contributed by atoms with Crippen LogP contribution in [0.3, 0.4) is 0 Å². The van der Waals surface area contributed by atoms with Crippen molar-refractivity contribution in [2.75, 3.05) is 7.11 Å². The van der Waals surface area contributed by atoms with Gasteiger partial charge in [-0.05, 0) is 31.1 Å². The smallest absolute Gasteiger partial charge is 0.225 e. The first-order valence-electron chi connectivity index (χ1n) is 7.59. The molecule has 0 spiro atoms. The second kappa shape index (κ2) is 4.76. The van der Waals surface area contributed by atoms with Crippen molar-refractivity contribution >= 4 is 5.91 Å². The molecule has 0 radical (unpaired) electrons. The number of ether oxygens (including phenoxy) is 1. The Morgan fingerprint density at radius 1 is 1.21 bits per heavy atom. The fourth-order valence-corrected chi connectivity index (χ4v) is 3.95. The van der Waals surface area contributed by atoms with Crippen molar-refractivity contribution in [1.82, 2.24) is 4.90 Å². The van der Waals surface area contributed by atoms with E-state index >= 15 is 0 Å². The number of hydrogen-bond acceptors (Lipinski definition) is 2. The molecule has 110 valence electrons. The van der Waals surface area contributed by atoms with Crippen LogP contribution in [0, 0.1) is 11.3 Å². The topological polar surface area (TPSA) is 29.5 Å². The van der Waals surface area contributed by atoms with Crippen LogP contribution in [0.2, 0.25) is 0 Å². The number of methoxy groups -OCH3 is 1. The van der Waals surface area contributed by atoms with Crippen molar-refractivity contribution in [3.63, 3.8) is 0 Å². The van der Waals surface area contributed by atoms with Crippen LogP contribution < -0.4 is 0 Å². The lowest BCUT2D eigenvalue weighted by Crippen LogP contribution is -2.59. The SMILES string of the molecule is COC1(C(C)(C)C)CC2CCC(C1)N2C(=O)C(C)C. The third-order valence-corrected chi connectivity index (χ3v) is 5.26. The first-order valence-corrected chi connectivity index (χ1v) is 7.59. The van der Waals surface area contributed by atoms with Gasteiger partial charge in [0.2, 0.25) is 5.91 Å². The van der Waals surface area contributed by atoms with Gasteiger partial charge in [0.25, 0.3) is 0 Å². The lowest BCUT2D eigenvalue weighted by Gasteiger charge is -2.52. The number of carbonyl (C=O) groups is 1. The maximum atomic E-state index is 12.4. The summed E-state index contributed by atoms with van der Waals surface area (Å²) < 4.78 is 5.97. The van der Waals surface area contributed by atoms with Crippen LogP contribution in [0.25, 0.3) is 0 Å². The van der Waals surface area contributed by atoms with E-state index in [1.165, 1.54) is 0 Å². The quantitative estimate of drug-likeness (QED) is 0.769. The van der Waals surface area contributed by atoms with E-state index in [0.717, 1.165) is 25.7 Å². The molecule has 3 nitrogen and oxygen atoms in total. The van der Waals surface area contributed by atoms with E-state index in [1.807, 2.05) is 21.0 Å². The summed E-state index contributed by atoms with van der Waals surface area (Å²) >= 11 is 0. The Kier molecular flexibility index (Phi) is 3.72. The maximum Gasteiger partial charge on any atom is 0.225 e. The molecule has 2 rings (SSSR count). The molecule has 0 aromatic heterocycles. The van der Waals surface area contributed by atoms with Gasteiger partial charge in [0.05, 0.1) is 5.60 Å². The van der Waals surface area contributed by atoms with Crippen LogP contribution in [-0.2, 0) is 9.53 Å². The molecule has 2 saturated heterocycles. The maximum absolute atomic E-state index is 12.4. The zero-order valence-electron chi connectivity index (χ0n) is 13.3. The van der Waals surface area contributed by atoms with E-state index in [1.54, 1.807) is 0 Å². The summed E-state index contributed by atoms with van der Waals surface area (Å²) in [5.74, 6) is 0.430. The van der Waals surface area contributed by atoms with Gasteiger partial charge in [-0.1, -0.05) is 34.6 Å². The van der Waals surface area contributed by atoms with Crippen LogP contribution >= 0.6 is 0 Å². The predicted molar refractivity (Wildman–Crippen MR) is 76.9 cm³/mol. The zero-order chi connectivity index (χ0) is 14.4. The van der Waals surface area contributed by atoms with Gasteiger partial charge in [0, 0.05) is 25.1 Å². The molecule has 0 saturated carbocycles. The van der Waals surface area contributed by atoms with Gasteiger partial charge in [-0.2, -0.15) is 0 Å². The van der Waals surface area contributed by atoms with Crippen molar-refractivity contribution in [2.45, 2.75) is 78.0 Å². The van der Waals surface area contributed by atoms with Gasteiger partial charge in [-0.25, -0.2) is 0 Å². The summed E-state index contributed by atoms with van der Waals surface area (Å²) in [5.41, 5.74) is 0.0438. The van der Waals surface area contributed by atoms with Crippen LogP contribution in [0.15, 0.2) is 0 Å². The third-order valence-electron chi connectivity index (χ3n) is 5.26. The third kappa shape index (κ3) is 2.31. The highest BCUT2D eigenvalue weighted by Gasteiger charge is 2.54. The molecule has 3 heteroatoms. The van der Waals surface area contributed by atoms with E-state index in [4.69, 9.17) is 4.74 Å². The number of amides is 1. The van der Waals surface area contributed by atoms with Crippen molar-refractivity contribution < 1.29 is 9.53 Å². The first-order chi connectivity index (χ1) is 8.72. The summed E-state index contributed by atoms with van der Waals surface area (Å²) in [6.45, 7) is 10.8. The van der Waals surface area contributed by atoms with Crippen LogP contribution in [0.1, 0.15) is 60.3 Å². The van der Waals surface area contributed by atoms with Crippen LogP contribution in [-0.4, -0.2) is 35.6 Å². The lowest BCUT2D eigenvalue weighted by atomic mass is 9.68. The molecule has 2 atom stereocenters. The largest absolute Gasteiger partial charge is 0.378 e. The second-order valence-electron chi connectivity index (χ2n) is 7.64. The molecule has 2 aliphatic rings. The molecule has 2 heterocycles. The van der Waals surface area contributed by atoms with E-state index in [0.29, 0.717) is 18.0 Å². The molecule has 1 amide bonds. The number of fused-ring (bicyclic) bond motifs is 2. The Balaban J connectivity index is 2.24. The second-order valence-corrected chi connectivity index (χ2v) is 7.64. The van der Waals surface area contributed by atoms with E-state index < -0.39 is 0 Å². The summed E-state index contributed by atoms with van der Waals surface area (Å²) in [7, 11) is 1.84. The highest BCUT2D eigenvalue weighted by molar-refractivity contribution is 5.79. The number of hydrogen-bond donors (Lipinski definition) is 0. The average Bonchev–Trinajstić information content (AvgIpc) is 2.57. The summed E-state index contributed by atoms with van der Waals surface area (Å²) in [6, 6.07) is 0.764. The fraction of sp³-hybridized carbons (Fsp3) is 0.938. The molecule has 2 unspecified atom stereocenters. The van der Waals surface area contributed by atoms with Crippen molar-refractivity contribution in [3.8, 4) is 0 Å². The predicted octanol–water partition coefficient (Wildman–Crippen LogP) is 3.23. The minimum atomic E-state index is -0.0768. The highest BCUT2D eigenvalue weighted by Crippen LogP contribution is 2.50. The van der Waals surface area contributed by atoms with Gasteiger partial charge in [-0.15, -0.1) is 0 Å². The molecule has 0 N–H and O–H groups in total. The minimum Gasteiger partial charge on any atom is -0.378 e. The molecule has 19 heavy (non-hydrogen) atoms. The normalized spacial score (nSPS) is 35.0. The van der Waals surface area contributed by atoms with Gasteiger partial charge in [0.1, 0.15) is 0 Å². The number of carbonyl (C=O) groups excluding carboxylic acids is 1. The molecule has 0 aliphatic carbocycles. The monoisotopic (exact) mass is 267 g/mol. The number of piperidine rings is 1. The summed E-state index contributed by atoms with van der Waals surface area (Å²) in [5, 5.41) is 0. The fourth-order valence-electron chi connectivity index (χ4n) is 3.95. The minimum absolute atomic E-state index is 0.0768. The number of nitrogens with zero attached hydrogens (tertiary/aromatic N) is 1. The molecule has 2 aliphatic heterocycles. The molecular weight excluding hydrogens is 238 g/mol. The Bertz CT molecular complexity index is 342. The Labute approximate surface area is 117 Å². The van der Waals surface area contributed by atoms with Crippen LogP contribution in [0.5, 0.6) is 0 Å². The molecular formula is C16H29NO2. The van der Waals surface area contributed by atoms with Gasteiger partial charge in [-0.3, -0.25) is 4.79 Å². The van der Waals surface area contributed by atoms with Gasteiger partial charge in [0.15, 0.2) is 0 Å². The highest BCUT2D eigenvalue weighted by atomic mass is 16.5.